The lowest BCUT2D eigenvalue weighted by Crippen LogP contribution is -2.41. The molecule has 1 aliphatic rings. The second-order valence-electron chi connectivity index (χ2n) is 5.46. The molecule has 1 aliphatic heterocycles. The standard InChI is InChI=1S/C16H21NO3/c1-11(2)12-6-4-7-13(10-12)15(18)17-9-5-8-14(17)16(19)20-3/h4,6-7,10-11,14H,5,8-9H2,1-3H3. The van der Waals surface area contributed by atoms with Crippen molar-refractivity contribution in [1.29, 1.82) is 0 Å². The molecule has 0 bridgehead atoms. The number of likely N-dealkylation sites (tertiary alicyclic amines) is 1. The van der Waals surface area contributed by atoms with Gasteiger partial charge in [0.05, 0.1) is 7.11 Å². The highest BCUT2D eigenvalue weighted by Crippen LogP contribution is 2.23. The summed E-state index contributed by atoms with van der Waals surface area (Å²) in [5.74, 6) is -0.0333. The van der Waals surface area contributed by atoms with E-state index >= 15 is 0 Å². The van der Waals surface area contributed by atoms with Crippen LogP contribution in [0.1, 0.15) is 48.5 Å². The minimum absolute atomic E-state index is 0.0830. The second-order valence-corrected chi connectivity index (χ2v) is 5.46. The highest BCUT2D eigenvalue weighted by molar-refractivity contribution is 5.97. The number of esters is 1. The third-order valence-electron chi connectivity index (χ3n) is 3.79. The van der Waals surface area contributed by atoms with Crippen LogP contribution in [0.3, 0.4) is 0 Å². The molecular weight excluding hydrogens is 254 g/mol. The molecule has 1 saturated heterocycles. The van der Waals surface area contributed by atoms with Gasteiger partial charge in [0.2, 0.25) is 0 Å². The molecule has 0 aromatic heterocycles. The Bertz CT molecular complexity index is 510. The van der Waals surface area contributed by atoms with Crippen LogP contribution in [0.15, 0.2) is 24.3 Å². The summed E-state index contributed by atoms with van der Waals surface area (Å²) < 4.78 is 4.78. The first kappa shape index (κ1) is 14.6. The van der Waals surface area contributed by atoms with Crippen molar-refractivity contribution in [2.24, 2.45) is 0 Å². The molecule has 0 aliphatic carbocycles. The number of nitrogens with zero attached hydrogens (tertiary/aromatic N) is 1. The van der Waals surface area contributed by atoms with E-state index in [2.05, 4.69) is 13.8 Å². The van der Waals surface area contributed by atoms with E-state index in [0.29, 0.717) is 24.4 Å². The maximum Gasteiger partial charge on any atom is 0.328 e. The summed E-state index contributed by atoms with van der Waals surface area (Å²) in [5, 5.41) is 0. The van der Waals surface area contributed by atoms with Crippen LogP contribution in [-0.2, 0) is 9.53 Å². The minimum atomic E-state index is -0.435. The molecule has 1 atom stereocenters. The molecule has 0 N–H and O–H groups in total. The molecule has 4 nitrogen and oxygen atoms in total. The number of amides is 1. The largest absolute Gasteiger partial charge is 0.467 e. The monoisotopic (exact) mass is 275 g/mol. The lowest BCUT2D eigenvalue weighted by atomic mass is 10.0. The predicted octanol–water partition coefficient (Wildman–Crippen LogP) is 2.59. The molecule has 2 rings (SSSR count). The van der Waals surface area contributed by atoms with Crippen molar-refractivity contribution in [2.45, 2.75) is 38.6 Å². The highest BCUT2D eigenvalue weighted by atomic mass is 16.5. The summed E-state index contributed by atoms with van der Waals surface area (Å²) >= 11 is 0. The van der Waals surface area contributed by atoms with Crippen molar-refractivity contribution in [3.05, 3.63) is 35.4 Å². The SMILES string of the molecule is COC(=O)C1CCCN1C(=O)c1cccc(C(C)C)c1. The van der Waals surface area contributed by atoms with E-state index in [9.17, 15) is 9.59 Å². The van der Waals surface area contributed by atoms with Crippen LogP contribution < -0.4 is 0 Å². The van der Waals surface area contributed by atoms with Gasteiger partial charge in [-0.15, -0.1) is 0 Å². The van der Waals surface area contributed by atoms with E-state index in [4.69, 9.17) is 4.74 Å². The van der Waals surface area contributed by atoms with Crippen LogP contribution in [0.4, 0.5) is 0 Å². The first-order chi connectivity index (χ1) is 9.54. The van der Waals surface area contributed by atoms with Crippen LogP contribution in [0.5, 0.6) is 0 Å². The van der Waals surface area contributed by atoms with Crippen molar-refractivity contribution in [3.63, 3.8) is 0 Å². The Balaban J connectivity index is 2.22. The Labute approximate surface area is 119 Å². The average molecular weight is 275 g/mol. The zero-order chi connectivity index (χ0) is 14.7. The number of carbonyl (C=O) groups is 2. The number of rotatable bonds is 3. The quantitative estimate of drug-likeness (QED) is 0.797. The molecule has 1 fully saturated rings. The van der Waals surface area contributed by atoms with Gasteiger partial charge in [-0.1, -0.05) is 26.0 Å². The maximum absolute atomic E-state index is 12.6. The van der Waals surface area contributed by atoms with Gasteiger partial charge in [0.25, 0.3) is 5.91 Å². The van der Waals surface area contributed by atoms with Crippen molar-refractivity contribution in [2.75, 3.05) is 13.7 Å². The lowest BCUT2D eigenvalue weighted by molar-refractivity contribution is -0.145. The zero-order valence-corrected chi connectivity index (χ0v) is 12.3. The van der Waals surface area contributed by atoms with Gasteiger partial charge in [0.1, 0.15) is 6.04 Å². The normalized spacial score (nSPS) is 18.4. The molecule has 1 aromatic rings. The van der Waals surface area contributed by atoms with Gasteiger partial charge in [-0.3, -0.25) is 4.79 Å². The number of carbonyl (C=O) groups excluding carboxylic acids is 2. The Morgan fingerprint density at radius 1 is 1.35 bits per heavy atom. The highest BCUT2D eigenvalue weighted by Gasteiger charge is 2.35. The summed E-state index contributed by atoms with van der Waals surface area (Å²) in [6.07, 6.45) is 1.53. The Morgan fingerprint density at radius 3 is 2.75 bits per heavy atom. The molecule has 1 amide bonds. The second kappa shape index (κ2) is 6.07. The van der Waals surface area contributed by atoms with Crippen LogP contribution >= 0.6 is 0 Å². The molecule has 20 heavy (non-hydrogen) atoms. The third kappa shape index (κ3) is 2.84. The van der Waals surface area contributed by atoms with Gasteiger partial charge < -0.3 is 9.64 Å². The van der Waals surface area contributed by atoms with E-state index < -0.39 is 6.04 Å². The first-order valence-electron chi connectivity index (χ1n) is 7.03. The molecule has 1 heterocycles. The molecule has 4 heteroatoms. The number of benzene rings is 1. The summed E-state index contributed by atoms with van der Waals surface area (Å²) in [4.78, 5) is 25.9. The Kier molecular flexibility index (Phi) is 4.42. The van der Waals surface area contributed by atoms with Crippen LogP contribution in [0, 0.1) is 0 Å². The van der Waals surface area contributed by atoms with Gasteiger partial charge in [-0.05, 0) is 36.5 Å². The topological polar surface area (TPSA) is 46.6 Å². The average Bonchev–Trinajstić information content (AvgIpc) is 2.95. The van der Waals surface area contributed by atoms with Crippen LogP contribution in [-0.4, -0.2) is 36.5 Å². The smallest absolute Gasteiger partial charge is 0.328 e. The summed E-state index contributed by atoms with van der Waals surface area (Å²) in [5.41, 5.74) is 1.77. The van der Waals surface area contributed by atoms with Gasteiger partial charge in [-0.25, -0.2) is 4.79 Å². The Morgan fingerprint density at radius 2 is 2.10 bits per heavy atom. The third-order valence-corrected chi connectivity index (χ3v) is 3.79. The van der Waals surface area contributed by atoms with Crippen molar-refractivity contribution >= 4 is 11.9 Å². The summed E-state index contributed by atoms with van der Waals surface area (Å²) in [6.45, 7) is 4.80. The number of hydrogen-bond acceptors (Lipinski definition) is 3. The van der Waals surface area contributed by atoms with E-state index in [1.807, 2.05) is 18.2 Å². The minimum Gasteiger partial charge on any atom is -0.467 e. The van der Waals surface area contributed by atoms with E-state index in [-0.39, 0.29) is 11.9 Å². The predicted molar refractivity (Wildman–Crippen MR) is 76.6 cm³/mol. The number of hydrogen-bond donors (Lipinski definition) is 0. The van der Waals surface area contributed by atoms with Gasteiger partial charge in [0, 0.05) is 12.1 Å². The number of ether oxygens (including phenoxy) is 1. The van der Waals surface area contributed by atoms with E-state index in [1.165, 1.54) is 7.11 Å². The van der Waals surface area contributed by atoms with Gasteiger partial charge >= 0.3 is 5.97 Å². The van der Waals surface area contributed by atoms with Gasteiger partial charge in [0.15, 0.2) is 0 Å². The molecular formula is C16H21NO3. The molecule has 0 radical (unpaired) electrons. The van der Waals surface area contributed by atoms with Crippen molar-refractivity contribution < 1.29 is 14.3 Å². The molecule has 0 saturated carbocycles. The molecule has 1 unspecified atom stereocenters. The zero-order valence-electron chi connectivity index (χ0n) is 12.3. The van der Waals surface area contributed by atoms with Crippen LogP contribution in [0.2, 0.25) is 0 Å². The summed E-state index contributed by atoms with van der Waals surface area (Å²) in [6, 6.07) is 7.20. The molecule has 108 valence electrons. The maximum atomic E-state index is 12.6. The number of methoxy groups -OCH3 is 1. The summed E-state index contributed by atoms with van der Waals surface area (Å²) in [7, 11) is 1.36. The fourth-order valence-electron chi connectivity index (χ4n) is 2.59. The van der Waals surface area contributed by atoms with Crippen molar-refractivity contribution in [3.8, 4) is 0 Å². The van der Waals surface area contributed by atoms with E-state index in [1.54, 1.807) is 11.0 Å². The van der Waals surface area contributed by atoms with Crippen molar-refractivity contribution in [1.82, 2.24) is 4.90 Å². The molecule has 1 aromatic carbocycles. The lowest BCUT2D eigenvalue weighted by Gasteiger charge is -2.23. The molecule has 0 spiro atoms. The van der Waals surface area contributed by atoms with Crippen LogP contribution in [0.25, 0.3) is 0 Å². The Hall–Kier alpha value is -1.84. The van der Waals surface area contributed by atoms with E-state index in [0.717, 1.165) is 12.0 Å². The first-order valence-corrected chi connectivity index (χ1v) is 7.03. The fraction of sp³-hybridized carbons (Fsp3) is 0.500. The fourth-order valence-corrected chi connectivity index (χ4v) is 2.59. The van der Waals surface area contributed by atoms with Gasteiger partial charge in [-0.2, -0.15) is 0 Å².